The van der Waals surface area contributed by atoms with Gasteiger partial charge in [0.1, 0.15) is 0 Å². The molecule has 4 rings (SSSR count). The highest BCUT2D eigenvalue weighted by Crippen LogP contribution is 2.61. The molecular weight excluding hydrogens is 256 g/mol. The first-order valence-corrected chi connectivity index (χ1v) is 9.61. The largest absolute Gasteiger partial charge is 0.312 e. The molecule has 2 nitrogen and oxygen atoms in total. The Morgan fingerprint density at radius 1 is 1.00 bits per heavy atom. The number of hydrogen-bond donors (Lipinski definition) is 1. The fourth-order valence-corrected chi connectivity index (χ4v) is 6.11. The van der Waals surface area contributed by atoms with Crippen molar-refractivity contribution in [1.82, 2.24) is 10.2 Å². The lowest BCUT2D eigenvalue weighted by Gasteiger charge is -2.59. The summed E-state index contributed by atoms with van der Waals surface area (Å²) in [6.07, 6.45) is 10.5. The lowest BCUT2D eigenvalue weighted by Crippen LogP contribution is -2.55. The average molecular weight is 293 g/mol. The zero-order valence-corrected chi connectivity index (χ0v) is 14.5. The summed E-state index contributed by atoms with van der Waals surface area (Å²) in [6, 6.07) is 0.728. The Morgan fingerprint density at radius 2 is 1.57 bits per heavy atom. The van der Waals surface area contributed by atoms with Gasteiger partial charge >= 0.3 is 0 Å². The molecule has 0 aliphatic heterocycles. The van der Waals surface area contributed by atoms with Crippen molar-refractivity contribution in [3.8, 4) is 0 Å². The second kappa shape index (κ2) is 6.58. The van der Waals surface area contributed by atoms with Crippen molar-refractivity contribution >= 4 is 0 Å². The highest BCUT2D eigenvalue weighted by atomic mass is 15.1. The third-order valence-electron chi connectivity index (χ3n) is 6.87. The van der Waals surface area contributed by atoms with Gasteiger partial charge in [-0.1, -0.05) is 13.8 Å². The van der Waals surface area contributed by atoms with Crippen molar-refractivity contribution in [2.75, 3.05) is 26.2 Å². The maximum absolute atomic E-state index is 3.92. The molecule has 4 fully saturated rings. The van der Waals surface area contributed by atoms with Gasteiger partial charge in [-0.25, -0.2) is 0 Å². The van der Waals surface area contributed by atoms with E-state index in [2.05, 4.69) is 31.0 Å². The van der Waals surface area contributed by atoms with Gasteiger partial charge in [0.2, 0.25) is 0 Å². The van der Waals surface area contributed by atoms with Gasteiger partial charge in [0.15, 0.2) is 0 Å². The highest BCUT2D eigenvalue weighted by molar-refractivity contribution is 5.05. The molecule has 21 heavy (non-hydrogen) atoms. The summed E-state index contributed by atoms with van der Waals surface area (Å²) in [7, 11) is 0. The molecule has 4 saturated carbocycles. The van der Waals surface area contributed by atoms with Crippen LogP contribution in [0.3, 0.4) is 0 Å². The first kappa shape index (κ1) is 15.8. The van der Waals surface area contributed by atoms with Crippen molar-refractivity contribution in [2.24, 2.45) is 23.2 Å². The van der Waals surface area contributed by atoms with Crippen LogP contribution in [0.15, 0.2) is 0 Å². The highest BCUT2D eigenvalue weighted by Gasteiger charge is 2.52. The van der Waals surface area contributed by atoms with Gasteiger partial charge in [0.25, 0.3) is 0 Å². The maximum Gasteiger partial charge on any atom is 0.0107 e. The molecule has 0 radical (unpaired) electrons. The molecule has 4 bridgehead atoms. The molecule has 4 aliphatic carbocycles. The van der Waals surface area contributed by atoms with Crippen LogP contribution in [-0.2, 0) is 0 Å². The quantitative estimate of drug-likeness (QED) is 0.729. The fraction of sp³-hybridized carbons (Fsp3) is 1.00. The minimum absolute atomic E-state index is 0.663. The Kier molecular flexibility index (Phi) is 4.95. The second-order valence-corrected chi connectivity index (χ2v) is 8.39. The smallest absolute Gasteiger partial charge is 0.0107 e. The molecule has 0 aromatic heterocycles. The third-order valence-corrected chi connectivity index (χ3v) is 6.87. The number of nitrogens with zero attached hydrogens (tertiary/aromatic N) is 1. The summed E-state index contributed by atoms with van der Waals surface area (Å²) >= 11 is 0. The number of rotatable bonds is 8. The van der Waals surface area contributed by atoms with Gasteiger partial charge in [-0.15, -0.1) is 0 Å². The summed E-state index contributed by atoms with van der Waals surface area (Å²) < 4.78 is 0. The zero-order valence-electron chi connectivity index (χ0n) is 14.5. The Balaban J connectivity index is 1.50. The van der Waals surface area contributed by atoms with Crippen molar-refractivity contribution in [3.05, 3.63) is 0 Å². The zero-order chi connectivity index (χ0) is 14.9. The monoisotopic (exact) mass is 292 g/mol. The van der Waals surface area contributed by atoms with E-state index >= 15 is 0 Å². The van der Waals surface area contributed by atoms with Crippen LogP contribution in [0.4, 0.5) is 0 Å². The summed E-state index contributed by atoms with van der Waals surface area (Å²) in [5.74, 6) is 3.23. The van der Waals surface area contributed by atoms with E-state index in [1.54, 1.807) is 19.3 Å². The van der Waals surface area contributed by atoms with Crippen LogP contribution in [-0.4, -0.2) is 37.1 Å². The van der Waals surface area contributed by atoms with Crippen LogP contribution < -0.4 is 5.32 Å². The van der Waals surface area contributed by atoms with E-state index in [0.717, 1.165) is 23.8 Å². The first-order valence-electron chi connectivity index (χ1n) is 9.61. The topological polar surface area (TPSA) is 15.3 Å². The number of hydrogen-bond acceptors (Lipinski definition) is 2. The molecule has 1 unspecified atom stereocenters. The standard InChI is InChI=1S/C19H36N2/c1-4-7-21(5-2)8-6-20-15(3)19-12-16-9-17(13-19)11-18(10-16)14-19/h15-18,20H,4-14H2,1-3H3. The predicted octanol–water partition coefficient (Wildman–Crippen LogP) is 3.91. The fourth-order valence-electron chi connectivity index (χ4n) is 6.11. The molecule has 4 aliphatic rings. The van der Waals surface area contributed by atoms with E-state index in [9.17, 15) is 0 Å². The van der Waals surface area contributed by atoms with Gasteiger partial charge in [-0.2, -0.15) is 0 Å². The van der Waals surface area contributed by atoms with E-state index in [4.69, 9.17) is 0 Å². The Labute approximate surface area is 132 Å². The van der Waals surface area contributed by atoms with Crippen LogP contribution in [0.5, 0.6) is 0 Å². The SMILES string of the molecule is CCCN(CC)CCNC(C)C12CC3CC(CC(C3)C1)C2. The van der Waals surface area contributed by atoms with E-state index < -0.39 is 0 Å². The van der Waals surface area contributed by atoms with Crippen LogP contribution in [0, 0.1) is 23.2 Å². The molecule has 1 N–H and O–H groups in total. The minimum Gasteiger partial charge on any atom is -0.312 e. The lowest BCUT2D eigenvalue weighted by atomic mass is 9.48. The van der Waals surface area contributed by atoms with Crippen molar-refractivity contribution in [3.63, 3.8) is 0 Å². The van der Waals surface area contributed by atoms with Crippen molar-refractivity contribution < 1.29 is 0 Å². The van der Waals surface area contributed by atoms with Gasteiger partial charge in [0.05, 0.1) is 0 Å². The van der Waals surface area contributed by atoms with E-state index in [1.165, 1.54) is 51.9 Å². The molecule has 0 spiro atoms. The summed E-state index contributed by atoms with van der Waals surface area (Å²) in [5.41, 5.74) is 0.663. The second-order valence-electron chi connectivity index (χ2n) is 8.39. The minimum atomic E-state index is 0.663. The molecule has 122 valence electrons. The van der Waals surface area contributed by atoms with E-state index in [0.29, 0.717) is 5.41 Å². The molecule has 0 amide bonds. The van der Waals surface area contributed by atoms with Gasteiger partial charge in [-0.3, -0.25) is 0 Å². The molecule has 2 heteroatoms. The van der Waals surface area contributed by atoms with E-state index in [1.807, 2.05) is 0 Å². The first-order chi connectivity index (χ1) is 10.1. The van der Waals surface area contributed by atoms with Crippen LogP contribution in [0.2, 0.25) is 0 Å². The molecule has 0 aromatic carbocycles. The predicted molar refractivity (Wildman–Crippen MR) is 90.5 cm³/mol. The average Bonchev–Trinajstić information content (AvgIpc) is 2.44. The molecule has 0 saturated heterocycles. The van der Waals surface area contributed by atoms with Gasteiger partial charge in [0, 0.05) is 19.1 Å². The van der Waals surface area contributed by atoms with Crippen molar-refractivity contribution in [1.29, 1.82) is 0 Å². The molecule has 0 aromatic rings. The number of nitrogens with one attached hydrogen (secondary N) is 1. The van der Waals surface area contributed by atoms with Gasteiger partial charge in [-0.05, 0) is 88.1 Å². The Bertz CT molecular complexity index is 303. The maximum atomic E-state index is 3.92. The molecule has 0 heterocycles. The Morgan fingerprint density at radius 3 is 2.05 bits per heavy atom. The Hall–Kier alpha value is -0.0800. The van der Waals surface area contributed by atoms with Crippen LogP contribution in [0.25, 0.3) is 0 Å². The van der Waals surface area contributed by atoms with E-state index in [-0.39, 0.29) is 0 Å². The summed E-state index contributed by atoms with van der Waals surface area (Å²) in [4.78, 5) is 2.58. The van der Waals surface area contributed by atoms with Crippen molar-refractivity contribution in [2.45, 2.75) is 71.8 Å². The van der Waals surface area contributed by atoms with Crippen LogP contribution >= 0.6 is 0 Å². The number of likely N-dealkylation sites (N-methyl/N-ethyl adjacent to an activating group) is 1. The van der Waals surface area contributed by atoms with Gasteiger partial charge < -0.3 is 10.2 Å². The summed E-state index contributed by atoms with van der Waals surface area (Å²) in [5, 5.41) is 3.92. The molecule has 1 atom stereocenters. The molecular formula is C19H36N2. The summed E-state index contributed by atoms with van der Waals surface area (Å²) in [6.45, 7) is 11.9. The van der Waals surface area contributed by atoms with Crippen LogP contribution in [0.1, 0.15) is 65.7 Å². The third kappa shape index (κ3) is 3.32. The normalized spacial score (nSPS) is 39.1. The lowest BCUT2D eigenvalue weighted by molar-refractivity contribution is -0.0704.